The van der Waals surface area contributed by atoms with Gasteiger partial charge in [-0.2, -0.15) is 25.3 Å². The molecule has 2 bridgehead atoms. The number of hydrogen-bond donors (Lipinski definition) is 4. The van der Waals surface area contributed by atoms with Gasteiger partial charge in [0.15, 0.2) is 0 Å². The van der Waals surface area contributed by atoms with E-state index in [0.717, 1.165) is 56.6 Å². The predicted molar refractivity (Wildman–Crippen MR) is 149 cm³/mol. The second kappa shape index (κ2) is 14.6. The molecule has 2 saturated heterocycles. The number of carbonyl (C=O) groups excluding carboxylic acids is 1. The molecule has 1 aromatic carbocycles. The maximum Gasteiger partial charge on any atom is 0.234 e. The Kier molecular flexibility index (Phi) is 11.8. The van der Waals surface area contributed by atoms with Crippen molar-refractivity contribution >= 4 is 36.9 Å². The third kappa shape index (κ3) is 7.37. The molecule has 0 saturated carbocycles. The van der Waals surface area contributed by atoms with E-state index in [1.54, 1.807) is 7.11 Å². The molecule has 3 unspecified atom stereocenters. The first-order valence-electron chi connectivity index (χ1n) is 12.9. The lowest BCUT2D eigenvalue weighted by Gasteiger charge is -2.45. The van der Waals surface area contributed by atoms with E-state index in [2.05, 4.69) is 52.5 Å². The summed E-state index contributed by atoms with van der Waals surface area (Å²) in [6.07, 6.45) is 2.73. The van der Waals surface area contributed by atoms with Gasteiger partial charge in [0, 0.05) is 49.1 Å². The molecule has 2 aliphatic heterocycles. The van der Waals surface area contributed by atoms with Crippen molar-refractivity contribution in [3.63, 3.8) is 0 Å². The highest BCUT2D eigenvalue weighted by atomic mass is 32.1. The molecule has 10 heteroatoms. The second-order valence-corrected chi connectivity index (χ2v) is 10.5. The Bertz CT molecular complexity index is 860. The fourth-order valence-corrected chi connectivity index (χ4v) is 6.40. The molecule has 2 N–H and O–H groups in total. The van der Waals surface area contributed by atoms with Crippen molar-refractivity contribution in [2.75, 3.05) is 51.3 Å². The minimum atomic E-state index is -0.459. The van der Waals surface area contributed by atoms with Crippen LogP contribution >= 0.6 is 25.3 Å². The summed E-state index contributed by atoms with van der Waals surface area (Å²) in [5, 5.41) is 18.4. The summed E-state index contributed by atoms with van der Waals surface area (Å²) in [5.74, 6) is 1.17. The van der Waals surface area contributed by atoms with Crippen molar-refractivity contribution < 1.29 is 19.1 Å². The summed E-state index contributed by atoms with van der Waals surface area (Å²) in [5.41, 5.74) is 2.01. The first-order chi connectivity index (χ1) is 17.4. The number of nitrogens with one attached hydrogen (secondary N) is 1. The molecule has 0 aliphatic carbocycles. The SMILES string of the molecule is CC/C(=N\OC)[C@@H]1C2C(O)CC(C[C@H]1c1ccc(F)cc1)N2CCCN(CCS)CC(=O)NCCS. The van der Waals surface area contributed by atoms with Crippen LogP contribution in [0.2, 0.25) is 0 Å². The zero-order valence-electron chi connectivity index (χ0n) is 21.4. The van der Waals surface area contributed by atoms with Gasteiger partial charge in [-0.1, -0.05) is 24.2 Å². The largest absolute Gasteiger partial charge is 0.399 e. The molecule has 5 atom stereocenters. The van der Waals surface area contributed by atoms with Gasteiger partial charge in [0.2, 0.25) is 5.91 Å². The van der Waals surface area contributed by atoms with Crippen molar-refractivity contribution in [3.05, 3.63) is 35.6 Å². The smallest absolute Gasteiger partial charge is 0.234 e. The van der Waals surface area contributed by atoms with Crippen LogP contribution in [0, 0.1) is 11.7 Å². The lowest BCUT2D eigenvalue weighted by atomic mass is 9.72. The maximum absolute atomic E-state index is 13.7. The van der Waals surface area contributed by atoms with E-state index < -0.39 is 6.10 Å². The molecule has 202 valence electrons. The number of hydrogen-bond acceptors (Lipinski definition) is 8. The number of benzene rings is 1. The van der Waals surface area contributed by atoms with E-state index in [1.165, 1.54) is 12.1 Å². The molecule has 0 radical (unpaired) electrons. The van der Waals surface area contributed by atoms with E-state index in [1.807, 2.05) is 12.1 Å². The number of nitrogens with zero attached hydrogens (tertiary/aromatic N) is 3. The topological polar surface area (TPSA) is 77.4 Å². The molecule has 3 rings (SSSR count). The minimum Gasteiger partial charge on any atom is -0.399 e. The van der Waals surface area contributed by atoms with E-state index in [-0.39, 0.29) is 35.6 Å². The number of halogens is 1. The lowest BCUT2D eigenvalue weighted by Crippen LogP contribution is -2.53. The number of rotatable bonds is 14. The second-order valence-electron chi connectivity index (χ2n) is 9.65. The van der Waals surface area contributed by atoms with Crippen molar-refractivity contribution in [1.82, 2.24) is 15.1 Å². The summed E-state index contributed by atoms with van der Waals surface area (Å²) in [6, 6.07) is 6.92. The zero-order valence-corrected chi connectivity index (χ0v) is 23.1. The van der Waals surface area contributed by atoms with Gasteiger partial charge in [-0.3, -0.25) is 14.6 Å². The van der Waals surface area contributed by atoms with Crippen LogP contribution in [0.4, 0.5) is 4.39 Å². The summed E-state index contributed by atoms with van der Waals surface area (Å²) >= 11 is 8.51. The molecule has 0 spiro atoms. The van der Waals surface area contributed by atoms with Crippen molar-refractivity contribution in [1.29, 1.82) is 0 Å². The average molecular weight is 541 g/mol. The van der Waals surface area contributed by atoms with Gasteiger partial charge in [0.1, 0.15) is 12.9 Å². The summed E-state index contributed by atoms with van der Waals surface area (Å²) in [7, 11) is 1.56. The van der Waals surface area contributed by atoms with Gasteiger partial charge in [-0.05, 0) is 55.8 Å². The Balaban J connectivity index is 1.74. The summed E-state index contributed by atoms with van der Waals surface area (Å²) < 4.78 is 13.7. The lowest BCUT2D eigenvalue weighted by molar-refractivity contribution is -0.122. The molecule has 0 aromatic heterocycles. The number of oxime groups is 1. The Hall–Kier alpha value is -1.33. The molecule has 1 amide bonds. The third-order valence-corrected chi connectivity index (χ3v) is 7.87. The Morgan fingerprint density at radius 1 is 1.25 bits per heavy atom. The van der Waals surface area contributed by atoms with Crippen LogP contribution < -0.4 is 5.32 Å². The van der Waals surface area contributed by atoms with E-state index in [4.69, 9.17) is 4.84 Å². The molecular weight excluding hydrogens is 499 g/mol. The fraction of sp³-hybridized carbons (Fsp3) is 0.692. The highest BCUT2D eigenvalue weighted by Crippen LogP contribution is 2.48. The third-order valence-electron chi connectivity index (χ3n) is 7.45. The van der Waals surface area contributed by atoms with E-state index >= 15 is 0 Å². The van der Waals surface area contributed by atoms with Crippen LogP contribution in [0.3, 0.4) is 0 Å². The van der Waals surface area contributed by atoms with Gasteiger partial charge < -0.3 is 15.3 Å². The average Bonchev–Trinajstić information content (AvgIpc) is 3.07. The standard InChI is InChI=1S/C26H41FN4O3S2/c1-3-22(29-34-2)25-21(18-5-7-19(27)8-6-18)15-20-16-23(32)26(25)31(20)11-4-10-30(12-14-36)17-24(33)28-9-13-35/h5-8,20-21,23,25-26,32,35-36H,3-4,9-17H2,1-2H3,(H,28,33)/b29-22+/t20?,21-,23?,25+,26?/m0/s1. The number of carbonyl (C=O) groups is 1. The Morgan fingerprint density at radius 3 is 2.64 bits per heavy atom. The first-order valence-corrected chi connectivity index (χ1v) is 14.2. The van der Waals surface area contributed by atoms with Gasteiger partial charge in [0.25, 0.3) is 0 Å². The quantitative estimate of drug-likeness (QED) is 0.166. The highest BCUT2D eigenvalue weighted by Gasteiger charge is 2.53. The Labute approximate surface area is 225 Å². The molecular formula is C26H41FN4O3S2. The zero-order chi connectivity index (χ0) is 26.1. The number of piperidine rings is 1. The monoisotopic (exact) mass is 540 g/mol. The van der Waals surface area contributed by atoms with Gasteiger partial charge in [0.05, 0.1) is 18.4 Å². The molecule has 2 fully saturated rings. The first kappa shape index (κ1) is 29.2. The van der Waals surface area contributed by atoms with Crippen molar-refractivity contribution in [2.24, 2.45) is 11.1 Å². The number of aliphatic hydroxyl groups excluding tert-OH is 1. The Morgan fingerprint density at radius 2 is 2.00 bits per heavy atom. The minimum absolute atomic E-state index is 0.00451. The van der Waals surface area contributed by atoms with Gasteiger partial charge >= 0.3 is 0 Å². The normalized spacial score (nSPS) is 26.4. The van der Waals surface area contributed by atoms with Crippen LogP contribution in [-0.4, -0.2) is 96.1 Å². The number of amides is 1. The van der Waals surface area contributed by atoms with Crippen molar-refractivity contribution in [2.45, 2.75) is 56.7 Å². The number of thiol groups is 2. The molecule has 36 heavy (non-hydrogen) atoms. The molecule has 7 nitrogen and oxygen atoms in total. The predicted octanol–water partition coefficient (Wildman–Crippen LogP) is 2.81. The fourth-order valence-electron chi connectivity index (χ4n) is 6.01. The molecule has 2 aliphatic rings. The molecule has 2 heterocycles. The number of aliphatic hydroxyl groups is 1. The number of fused-ring (bicyclic) bond motifs is 2. The molecule has 1 aromatic rings. The van der Waals surface area contributed by atoms with Gasteiger partial charge in [-0.25, -0.2) is 4.39 Å². The summed E-state index contributed by atoms with van der Waals surface area (Å²) in [6.45, 7) is 5.31. The van der Waals surface area contributed by atoms with Crippen LogP contribution in [0.15, 0.2) is 29.4 Å². The van der Waals surface area contributed by atoms with Crippen LogP contribution in [0.1, 0.15) is 44.1 Å². The van der Waals surface area contributed by atoms with Gasteiger partial charge in [-0.15, -0.1) is 0 Å². The highest BCUT2D eigenvalue weighted by molar-refractivity contribution is 7.80. The van der Waals surface area contributed by atoms with Crippen LogP contribution in [-0.2, 0) is 9.63 Å². The van der Waals surface area contributed by atoms with E-state index in [9.17, 15) is 14.3 Å². The van der Waals surface area contributed by atoms with E-state index in [0.29, 0.717) is 24.6 Å². The maximum atomic E-state index is 13.7. The summed E-state index contributed by atoms with van der Waals surface area (Å²) in [4.78, 5) is 22.0. The van der Waals surface area contributed by atoms with Crippen LogP contribution in [0.25, 0.3) is 0 Å². The van der Waals surface area contributed by atoms with Crippen molar-refractivity contribution in [3.8, 4) is 0 Å². The van der Waals surface area contributed by atoms with Crippen LogP contribution in [0.5, 0.6) is 0 Å².